The molecule has 0 aliphatic carbocycles. The Labute approximate surface area is 123 Å². The summed E-state index contributed by atoms with van der Waals surface area (Å²) in [5.74, 6) is 0.797. The van der Waals surface area contributed by atoms with Crippen molar-refractivity contribution in [2.75, 3.05) is 0 Å². The number of fused-ring (bicyclic) bond motifs is 1. The minimum atomic E-state index is 0.138. The van der Waals surface area contributed by atoms with Gasteiger partial charge in [-0.05, 0) is 23.9 Å². The highest BCUT2D eigenvalue weighted by Crippen LogP contribution is 2.22. The van der Waals surface area contributed by atoms with Gasteiger partial charge in [0.25, 0.3) is 0 Å². The van der Waals surface area contributed by atoms with Crippen LogP contribution in [0.15, 0.2) is 6.33 Å². The third-order valence-corrected chi connectivity index (χ3v) is 3.88. The molecular formula is C13H18Cl2N4. The first-order chi connectivity index (χ1) is 9.11. The number of aromatic nitrogens is 4. The highest BCUT2D eigenvalue weighted by atomic mass is 35.5. The molecule has 104 valence electrons. The second kappa shape index (κ2) is 6.53. The number of unbranched alkanes of at least 4 members (excludes halogenated alkanes) is 1. The van der Waals surface area contributed by atoms with E-state index in [0.717, 1.165) is 24.4 Å². The highest BCUT2D eigenvalue weighted by molar-refractivity contribution is 6.35. The van der Waals surface area contributed by atoms with E-state index in [1.165, 1.54) is 19.3 Å². The van der Waals surface area contributed by atoms with E-state index in [-0.39, 0.29) is 5.28 Å². The van der Waals surface area contributed by atoms with Crippen LogP contribution in [0.4, 0.5) is 0 Å². The molecule has 0 aliphatic rings. The monoisotopic (exact) mass is 300 g/mol. The van der Waals surface area contributed by atoms with Crippen LogP contribution in [0, 0.1) is 5.92 Å². The molecule has 0 bridgehead atoms. The maximum Gasteiger partial charge on any atom is 0.225 e. The van der Waals surface area contributed by atoms with Crippen LogP contribution in [0.2, 0.25) is 10.4 Å². The Morgan fingerprint density at radius 3 is 2.79 bits per heavy atom. The molecule has 4 nitrogen and oxygen atoms in total. The summed E-state index contributed by atoms with van der Waals surface area (Å²) >= 11 is 11.9. The summed E-state index contributed by atoms with van der Waals surface area (Å²) in [5.41, 5.74) is 1.33. The largest absolute Gasteiger partial charge is 0.327 e. The molecular weight excluding hydrogens is 283 g/mol. The SMILES string of the molecule is CCC(C)CCCCn1cnc2nc(Cl)nc(Cl)c21. The van der Waals surface area contributed by atoms with Crippen molar-refractivity contribution < 1.29 is 0 Å². The zero-order valence-corrected chi connectivity index (χ0v) is 12.7. The maximum absolute atomic E-state index is 6.10. The molecule has 2 rings (SSSR count). The second-order valence-electron chi connectivity index (χ2n) is 4.90. The summed E-state index contributed by atoms with van der Waals surface area (Å²) in [6.07, 6.45) is 6.58. The van der Waals surface area contributed by atoms with Crippen LogP contribution in [-0.4, -0.2) is 19.5 Å². The first-order valence-corrected chi connectivity index (χ1v) is 7.41. The van der Waals surface area contributed by atoms with E-state index in [2.05, 4.69) is 28.8 Å². The smallest absolute Gasteiger partial charge is 0.225 e. The predicted octanol–water partition coefficient (Wildman–Crippen LogP) is 4.35. The number of halogens is 2. The third-order valence-electron chi connectivity index (χ3n) is 3.45. The van der Waals surface area contributed by atoms with Crippen molar-refractivity contribution >= 4 is 34.4 Å². The zero-order chi connectivity index (χ0) is 13.8. The normalized spacial score (nSPS) is 13.1. The summed E-state index contributed by atoms with van der Waals surface area (Å²) < 4.78 is 2.00. The predicted molar refractivity (Wildman–Crippen MR) is 78.6 cm³/mol. The van der Waals surface area contributed by atoms with Gasteiger partial charge in [0, 0.05) is 6.54 Å². The Morgan fingerprint density at radius 1 is 1.26 bits per heavy atom. The van der Waals surface area contributed by atoms with Gasteiger partial charge < -0.3 is 4.57 Å². The second-order valence-corrected chi connectivity index (χ2v) is 5.60. The quantitative estimate of drug-likeness (QED) is 0.452. The molecule has 0 spiro atoms. The van der Waals surface area contributed by atoms with Gasteiger partial charge in [-0.2, -0.15) is 4.98 Å². The lowest BCUT2D eigenvalue weighted by atomic mass is 10.0. The number of hydrogen-bond acceptors (Lipinski definition) is 3. The van der Waals surface area contributed by atoms with Crippen molar-refractivity contribution in [3.63, 3.8) is 0 Å². The van der Waals surface area contributed by atoms with Gasteiger partial charge in [-0.15, -0.1) is 0 Å². The number of aryl methyl sites for hydroxylation is 1. The minimum Gasteiger partial charge on any atom is -0.327 e. The van der Waals surface area contributed by atoms with Crippen molar-refractivity contribution in [2.45, 2.75) is 46.1 Å². The van der Waals surface area contributed by atoms with Crippen LogP contribution in [0.3, 0.4) is 0 Å². The van der Waals surface area contributed by atoms with E-state index in [1.807, 2.05) is 4.57 Å². The summed E-state index contributed by atoms with van der Waals surface area (Å²) in [7, 11) is 0. The average molecular weight is 301 g/mol. The standard InChI is InChI=1S/C13H18Cl2N4/c1-3-9(2)6-4-5-7-19-8-16-12-10(19)11(14)17-13(15)18-12/h8-9H,3-7H2,1-2H3. The van der Waals surface area contributed by atoms with Crippen molar-refractivity contribution in [2.24, 2.45) is 5.92 Å². The van der Waals surface area contributed by atoms with E-state index in [4.69, 9.17) is 23.2 Å². The van der Waals surface area contributed by atoms with Crippen LogP contribution in [0.25, 0.3) is 11.2 Å². The lowest BCUT2D eigenvalue weighted by Crippen LogP contribution is -1.99. The van der Waals surface area contributed by atoms with Gasteiger partial charge in [-0.3, -0.25) is 0 Å². The van der Waals surface area contributed by atoms with E-state index < -0.39 is 0 Å². The maximum atomic E-state index is 6.10. The van der Waals surface area contributed by atoms with Crippen LogP contribution in [-0.2, 0) is 6.54 Å². The Morgan fingerprint density at radius 2 is 2.05 bits per heavy atom. The molecule has 1 unspecified atom stereocenters. The van der Waals surface area contributed by atoms with E-state index in [1.54, 1.807) is 6.33 Å². The first kappa shape index (κ1) is 14.5. The molecule has 0 radical (unpaired) electrons. The fraction of sp³-hybridized carbons (Fsp3) is 0.615. The first-order valence-electron chi connectivity index (χ1n) is 6.65. The highest BCUT2D eigenvalue weighted by Gasteiger charge is 2.11. The molecule has 0 N–H and O–H groups in total. The minimum absolute atomic E-state index is 0.138. The van der Waals surface area contributed by atoms with Crippen LogP contribution in [0.1, 0.15) is 39.5 Å². The van der Waals surface area contributed by atoms with Gasteiger partial charge in [-0.25, -0.2) is 9.97 Å². The lowest BCUT2D eigenvalue weighted by Gasteiger charge is -2.08. The number of rotatable bonds is 6. The summed E-state index contributed by atoms with van der Waals surface area (Å²) in [5, 5.41) is 0.508. The van der Waals surface area contributed by atoms with Gasteiger partial charge in [0.05, 0.1) is 6.33 Å². The van der Waals surface area contributed by atoms with Gasteiger partial charge in [0.1, 0.15) is 5.52 Å². The van der Waals surface area contributed by atoms with Crippen molar-refractivity contribution in [3.8, 4) is 0 Å². The van der Waals surface area contributed by atoms with Crippen molar-refractivity contribution in [1.82, 2.24) is 19.5 Å². The van der Waals surface area contributed by atoms with Crippen LogP contribution >= 0.6 is 23.2 Å². The molecule has 0 fully saturated rings. The Kier molecular flexibility index (Phi) is 4.99. The summed E-state index contributed by atoms with van der Waals surface area (Å²) in [4.78, 5) is 12.2. The zero-order valence-electron chi connectivity index (χ0n) is 11.2. The van der Waals surface area contributed by atoms with Gasteiger partial charge in [0.2, 0.25) is 5.28 Å². The van der Waals surface area contributed by atoms with E-state index >= 15 is 0 Å². The molecule has 0 aromatic carbocycles. The topological polar surface area (TPSA) is 43.6 Å². The molecule has 2 aromatic heterocycles. The third kappa shape index (κ3) is 3.57. The van der Waals surface area contributed by atoms with Gasteiger partial charge >= 0.3 is 0 Å². The van der Waals surface area contributed by atoms with Crippen LogP contribution < -0.4 is 0 Å². The van der Waals surface area contributed by atoms with E-state index in [9.17, 15) is 0 Å². The molecule has 1 atom stereocenters. The fourth-order valence-corrected chi connectivity index (χ4v) is 2.54. The summed E-state index contributed by atoms with van der Waals surface area (Å²) in [6.45, 7) is 5.41. The Hall–Kier alpha value is -0.870. The Balaban J connectivity index is 2.01. The molecule has 0 saturated heterocycles. The van der Waals surface area contributed by atoms with Gasteiger partial charge in [-0.1, -0.05) is 44.7 Å². The molecule has 0 aliphatic heterocycles. The number of nitrogens with zero attached hydrogens (tertiary/aromatic N) is 4. The van der Waals surface area contributed by atoms with Crippen LogP contribution in [0.5, 0.6) is 0 Å². The number of hydrogen-bond donors (Lipinski definition) is 0. The van der Waals surface area contributed by atoms with E-state index in [0.29, 0.717) is 10.8 Å². The molecule has 0 amide bonds. The molecule has 2 heterocycles. The Bertz CT molecular complexity index is 553. The van der Waals surface area contributed by atoms with Crippen molar-refractivity contribution in [3.05, 3.63) is 16.8 Å². The molecule has 6 heteroatoms. The lowest BCUT2D eigenvalue weighted by molar-refractivity contribution is 0.470. The molecule has 0 saturated carbocycles. The molecule has 2 aromatic rings. The fourth-order valence-electron chi connectivity index (χ4n) is 2.06. The summed E-state index contributed by atoms with van der Waals surface area (Å²) in [6, 6.07) is 0. The van der Waals surface area contributed by atoms with Gasteiger partial charge in [0.15, 0.2) is 10.8 Å². The average Bonchev–Trinajstić information content (AvgIpc) is 2.77. The number of imidazole rings is 1. The van der Waals surface area contributed by atoms with Crippen molar-refractivity contribution in [1.29, 1.82) is 0 Å². The molecule has 19 heavy (non-hydrogen) atoms.